The second-order valence-corrected chi connectivity index (χ2v) is 4.92. The number of hydrogen-bond donors (Lipinski definition) is 1. The maximum absolute atomic E-state index is 11.3. The Morgan fingerprint density at radius 1 is 1.19 bits per heavy atom. The fourth-order valence-corrected chi connectivity index (χ4v) is 2.11. The smallest absolute Gasteiger partial charge is 0.316 e. The lowest BCUT2D eigenvalue weighted by Gasteiger charge is -2.09. The summed E-state index contributed by atoms with van der Waals surface area (Å²) >= 11 is 0. The number of nitrogens with one attached hydrogen (secondary N) is 1. The highest BCUT2D eigenvalue weighted by atomic mass is 16.6. The highest BCUT2D eigenvalue weighted by molar-refractivity contribution is 5.72. The summed E-state index contributed by atoms with van der Waals surface area (Å²) < 4.78 is 0. The average molecular weight is 286 g/mol. The molecule has 0 aliphatic heterocycles. The third-order valence-corrected chi connectivity index (χ3v) is 3.36. The van der Waals surface area contributed by atoms with Gasteiger partial charge in [-0.15, -0.1) is 0 Å². The molecule has 0 aliphatic rings. The summed E-state index contributed by atoms with van der Waals surface area (Å²) in [6, 6.07) is 5.71. The third kappa shape index (κ3) is 2.99. The number of nitrogens with zero attached hydrogens (tertiary/aromatic N) is 3. The molecule has 6 nitrogen and oxygen atoms in total. The molecule has 0 radical (unpaired) electrons. The molecule has 2 rings (SSSR count). The maximum Gasteiger partial charge on any atom is 0.316 e. The molecule has 1 aromatic carbocycles. The van der Waals surface area contributed by atoms with Crippen molar-refractivity contribution in [2.24, 2.45) is 0 Å². The lowest BCUT2D eigenvalue weighted by atomic mass is 10.0. The zero-order chi connectivity index (χ0) is 15.6. The van der Waals surface area contributed by atoms with E-state index in [0.29, 0.717) is 23.9 Å². The quantitative estimate of drug-likeness (QED) is 0.688. The van der Waals surface area contributed by atoms with Crippen LogP contribution in [0.25, 0.3) is 11.3 Å². The molecule has 0 amide bonds. The summed E-state index contributed by atoms with van der Waals surface area (Å²) in [4.78, 5) is 19.4. The van der Waals surface area contributed by atoms with Crippen LogP contribution in [0.15, 0.2) is 18.2 Å². The van der Waals surface area contributed by atoms with Crippen LogP contribution in [-0.4, -0.2) is 21.4 Å². The lowest BCUT2D eigenvalue weighted by molar-refractivity contribution is -0.385. The summed E-state index contributed by atoms with van der Waals surface area (Å²) in [7, 11) is 0. The molecule has 110 valence electrons. The molecule has 0 aliphatic carbocycles. The van der Waals surface area contributed by atoms with E-state index in [1.54, 1.807) is 6.92 Å². The number of hydrogen-bond acceptors (Lipinski definition) is 5. The SMILES string of the molecule is CCNc1nc(C)c([N+](=O)[O-])c(-c2ccc(C)c(C)c2)n1. The van der Waals surface area contributed by atoms with Gasteiger partial charge in [0.2, 0.25) is 5.95 Å². The van der Waals surface area contributed by atoms with Gasteiger partial charge < -0.3 is 5.32 Å². The lowest BCUT2D eigenvalue weighted by Crippen LogP contribution is -2.07. The molecular weight excluding hydrogens is 268 g/mol. The van der Waals surface area contributed by atoms with Gasteiger partial charge >= 0.3 is 5.69 Å². The molecule has 0 saturated heterocycles. The molecule has 0 atom stereocenters. The standard InChI is InChI=1S/C15H18N4O2/c1-5-16-15-17-11(4)14(19(20)21)13(18-15)12-7-6-9(2)10(3)8-12/h6-8H,5H2,1-4H3,(H,16,17,18). The van der Waals surface area contributed by atoms with Gasteiger partial charge in [0.05, 0.1) is 4.92 Å². The predicted molar refractivity (Wildman–Crippen MR) is 82.5 cm³/mol. The van der Waals surface area contributed by atoms with Crippen LogP contribution in [0.3, 0.4) is 0 Å². The molecule has 0 bridgehead atoms. The Balaban J connectivity index is 2.68. The molecule has 0 fully saturated rings. The fourth-order valence-electron chi connectivity index (χ4n) is 2.11. The Hall–Kier alpha value is -2.50. The third-order valence-electron chi connectivity index (χ3n) is 3.36. The zero-order valence-corrected chi connectivity index (χ0v) is 12.6. The van der Waals surface area contributed by atoms with E-state index in [9.17, 15) is 10.1 Å². The Morgan fingerprint density at radius 2 is 1.90 bits per heavy atom. The monoisotopic (exact) mass is 286 g/mol. The normalized spacial score (nSPS) is 10.5. The van der Waals surface area contributed by atoms with Crippen molar-refractivity contribution in [3.8, 4) is 11.3 Å². The van der Waals surface area contributed by atoms with Crippen molar-refractivity contribution in [2.75, 3.05) is 11.9 Å². The average Bonchev–Trinajstić information content (AvgIpc) is 2.41. The minimum atomic E-state index is -0.421. The molecule has 1 heterocycles. The second-order valence-electron chi connectivity index (χ2n) is 4.92. The first-order valence-corrected chi connectivity index (χ1v) is 6.78. The van der Waals surface area contributed by atoms with E-state index in [1.807, 2.05) is 39.0 Å². The number of rotatable bonds is 4. The van der Waals surface area contributed by atoms with Gasteiger partial charge in [-0.2, -0.15) is 0 Å². The topological polar surface area (TPSA) is 81.0 Å². The first kappa shape index (κ1) is 14.9. The van der Waals surface area contributed by atoms with Crippen molar-refractivity contribution in [3.05, 3.63) is 45.1 Å². The minimum Gasteiger partial charge on any atom is -0.354 e. The van der Waals surface area contributed by atoms with Crippen LogP contribution in [0.1, 0.15) is 23.7 Å². The van der Waals surface area contributed by atoms with Gasteiger partial charge in [-0.25, -0.2) is 9.97 Å². The van der Waals surface area contributed by atoms with Crippen LogP contribution >= 0.6 is 0 Å². The van der Waals surface area contributed by atoms with Crippen LogP contribution in [0.2, 0.25) is 0 Å². The number of aromatic nitrogens is 2. The Morgan fingerprint density at radius 3 is 2.48 bits per heavy atom. The molecule has 0 saturated carbocycles. The van der Waals surface area contributed by atoms with E-state index in [-0.39, 0.29) is 5.69 Å². The van der Waals surface area contributed by atoms with E-state index < -0.39 is 4.92 Å². The summed E-state index contributed by atoms with van der Waals surface area (Å²) in [6.07, 6.45) is 0. The van der Waals surface area contributed by atoms with Gasteiger partial charge in [0.15, 0.2) is 5.69 Å². The molecule has 1 aromatic heterocycles. The molecule has 2 aromatic rings. The van der Waals surface area contributed by atoms with Crippen LogP contribution in [-0.2, 0) is 0 Å². The van der Waals surface area contributed by atoms with Crippen LogP contribution in [0, 0.1) is 30.9 Å². The fraction of sp³-hybridized carbons (Fsp3) is 0.333. The van der Waals surface area contributed by atoms with Gasteiger partial charge in [-0.05, 0) is 44.9 Å². The number of benzene rings is 1. The number of nitro groups is 1. The first-order valence-electron chi connectivity index (χ1n) is 6.78. The highest BCUT2D eigenvalue weighted by Gasteiger charge is 2.23. The first-order chi connectivity index (χ1) is 9.93. The van der Waals surface area contributed by atoms with Crippen molar-refractivity contribution in [1.29, 1.82) is 0 Å². The van der Waals surface area contributed by atoms with E-state index in [0.717, 1.165) is 16.7 Å². The van der Waals surface area contributed by atoms with Crippen molar-refractivity contribution >= 4 is 11.6 Å². The van der Waals surface area contributed by atoms with Crippen molar-refractivity contribution in [3.63, 3.8) is 0 Å². The van der Waals surface area contributed by atoms with E-state index in [2.05, 4.69) is 15.3 Å². The molecule has 1 N–H and O–H groups in total. The molecule has 6 heteroatoms. The predicted octanol–water partition coefficient (Wildman–Crippen LogP) is 3.41. The Labute approximate surface area is 123 Å². The zero-order valence-electron chi connectivity index (χ0n) is 12.6. The summed E-state index contributed by atoms with van der Waals surface area (Å²) in [6.45, 7) is 8.19. The molecule has 0 spiro atoms. The minimum absolute atomic E-state index is 0.0418. The second kappa shape index (κ2) is 5.87. The van der Waals surface area contributed by atoms with Crippen molar-refractivity contribution in [1.82, 2.24) is 9.97 Å². The van der Waals surface area contributed by atoms with Gasteiger partial charge in [0.1, 0.15) is 5.69 Å². The van der Waals surface area contributed by atoms with Gasteiger partial charge in [-0.1, -0.05) is 12.1 Å². The highest BCUT2D eigenvalue weighted by Crippen LogP contribution is 2.32. The van der Waals surface area contributed by atoms with Crippen molar-refractivity contribution in [2.45, 2.75) is 27.7 Å². The Kier molecular flexibility index (Phi) is 4.16. The Bertz CT molecular complexity index is 698. The number of anilines is 1. The molecular formula is C15H18N4O2. The largest absolute Gasteiger partial charge is 0.354 e. The van der Waals surface area contributed by atoms with Gasteiger partial charge in [-0.3, -0.25) is 10.1 Å². The molecule has 0 unspecified atom stereocenters. The van der Waals surface area contributed by atoms with Crippen LogP contribution in [0.5, 0.6) is 0 Å². The van der Waals surface area contributed by atoms with E-state index in [1.165, 1.54) is 0 Å². The van der Waals surface area contributed by atoms with E-state index >= 15 is 0 Å². The van der Waals surface area contributed by atoms with Gasteiger partial charge in [0, 0.05) is 12.1 Å². The summed E-state index contributed by atoms with van der Waals surface area (Å²) in [5.41, 5.74) is 3.61. The van der Waals surface area contributed by atoms with Gasteiger partial charge in [0.25, 0.3) is 0 Å². The van der Waals surface area contributed by atoms with Crippen molar-refractivity contribution < 1.29 is 4.92 Å². The maximum atomic E-state index is 11.3. The summed E-state index contributed by atoms with van der Waals surface area (Å²) in [5, 5.41) is 14.3. The van der Waals surface area contributed by atoms with E-state index in [4.69, 9.17) is 0 Å². The molecule has 21 heavy (non-hydrogen) atoms. The summed E-state index contributed by atoms with van der Waals surface area (Å²) in [5.74, 6) is 0.411. The van der Waals surface area contributed by atoms with Crippen LogP contribution in [0.4, 0.5) is 11.6 Å². The number of aryl methyl sites for hydroxylation is 3. The van der Waals surface area contributed by atoms with Crippen LogP contribution < -0.4 is 5.32 Å².